The molecule has 7 nitrogen and oxygen atoms in total. The first kappa shape index (κ1) is 21.4. The minimum Gasteiger partial charge on any atom is -0.462 e. The van der Waals surface area contributed by atoms with Crippen molar-refractivity contribution in [3.63, 3.8) is 0 Å². The monoisotopic (exact) mass is 404 g/mol. The lowest BCUT2D eigenvalue weighted by Gasteiger charge is -2.15. The Bertz CT molecular complexity index is 922. The van der Waals surface area contributed by atoms with Crippen LogP contribution in [-0.4, -0.2) is 33.9 Å². The van der Waals surface area contributed by atoms with E-state index in [4.69, 9.17) is 4.74 Å². The Morgan fingerprint density at radius 2 is 1.64 bits per heavy atom. The summed E-state index contributed by atoms with van der Waals surface area (Å²) in [7, 11) is -2.19. The first-order valence-corrected chi connectivity index (χ1v) is 10.4. The molecule has 2 aromatic rings. The number of benzene rings is 2. The van der Waals surface area contributed by atoms with Gasteiger partial charge >= 0.3 is 5.97 Å². The van der Waals surface area contributed by atoms with Crippen LogP contribution >= 0.6 is 0 Å². The molecular formula is C20H24N2O5S. The molecule has 0 heterocycles. The Morgan fingerprint density at radius 3 is 2.18 bits per heavy atom. The van der Waals surface area contributed by atoms with Crippen molar-refractivity contribution in [2.24, 2.45) is 0 Å². The van der Waals surface area contributed by atoms with Gasteiger partial charge in [0, 0.05) is 25.3 Å². The normalized spacial score (nSPS) is 11.0. The topological polar surface area (TPSA) is 92.8 Å². The van der Waals surface area contributed by atoms with Gasteiger partial charge in [0.05, 0.1) is 17.1 Å². The zero-order chi connectivity index (χ0) is 20.7. The summed E-state index contributed by atoms with van der Waals surface area (Å²) in [4.78, 5) is 24.7. The third-order valence-corrected chi connectivity index (χ3v) is 5.51. The zero-order valence-corrected chi connectivity index (χ0v) is 17.0. The Hall–Kier alpha value is -2.87. The van der Waals surface area contributed by atoms with E-state index in [-0.39, 0.29) is 10.8 Å². The average Bonchev–Trinajstić information content (AvgIpc) is 2.67. The molecule has 2 aromatic carbocycles. The van der Waals surface area contributed by atoms with Gasteiger partial charge in [0.15, 0.2) is 0 Å². The van der Waals surface area contributed by atoms with Gasteiger partial charge in [0.1, 0.15) is 0 Å². The van der Waals surface area contributed by atoms with E-state index in [2.05, 4.69) is 4.72 Å². The van der Waals surface area contributed by atoms with Gasteiger partial charge in [-0.1, -0.05) is 13.3 Å². The minimum atomic E-state index is -3.80. The number of carbonyl (C=O) groups is 2. The standard InChI is InChI=1S/C20H24N2O5S/c1-4-5-14-27-20(24)16-6-8-17(9-7-16)21-28(25,26)19-12-10-18(11-13-19)22(3)15(2)23/h6-13,21H,4-5,14H2,1-3H3. The van der Waals surface area contributed by atoms with Crippen molar-refractivity contribution in [3.8, 4) is 0 Å². The number of hydrogen-bond donors (Lipinski definition) is 1. The van der Waals surface area contributed by atoms with Crippen LogP contribution in [0.2, 0.25) is 0 Å². The molecule has 0 aliphatic carbocycles. The highest BCUT2D eigenvalue weighted by Gasteiger charge is 2.16. The van der Waals surface area contributed by atoms with Crippen LogP contribution in [0.3, 0.4) is 0 Å². The van der Waals surface area contributed by atoms with Gasteiger partial charge < -0.3 is 9.64 Å². The Kier molecular flexibility index (Phi) is 7.17. The molecule has 2 rings (SSSR count). The fraction of sp³-hybridized carbons (Fsp3) is 0.300. The van der Waals surface area contributed by atoms with Gasteiger partial charge in [-0.25, -0.2) is 13.2 Å². The first-order valence-electron chi connectivity index (χ1n) is 8.89. The van der Waals surface area contributed by atoms with Crippen LogP contribution in [0, 0.1) is 0 Å². The summed E-state index contributed by atoms with van der Waals surface area (Å²) in [5, 5.41) is 0. The third-order valence-electron chi connectivity index (χ3n) is 4.11. The van der Waals surface area contributed by atoms with Gasteiger partial charge in [0.25, 0.3) is 10.0 Å². The summed E-state index contributed by atoms with van der Waals surface area (Å²) >= 11 is 0. The molecule has 8 heteroatoms. The number of amides is 1. The van der Waals surface area contributed by atoms with Crippen LogP contribution < -0.4 is 9.62 Å². The summed E-state index contributed by atoms with van der Waals surface area (Å²) in [5.41, 5.74) is 1.28. The van der Waals surface area contributed by atoms with Gasteiger partial charge in [-0.3, -0.25) is 9.52 Å². The van der Waals surface area contributed by atoms with Crippen molar-refractivity contribution in [1.82, 2.24) is 0 Å². The maximum Gasteiger partial charge on any atom is 0.338 e. The molecule has 150 valence electrons. The van der Waals surface area contributed by atoms with Crippen LogP contribution in [-0.2, 0) is 19.6 Å². The molecule has 0 aromatic heterocycles. The summed E-state index contributed by atoms with van der Waals surface area (Å²) in [6.45, 7) is 3.79. The van der Waals surface area contributed by atoms with E-state index >= 15 is 0 Å². The molecule has 1 amide bonds. The Balaban J connectivity index is 2.07. The predicted molar refractivity (Wildman–Crippen MR) is 108 cm³/mol. The van der Waals surface area contributed by atoms with Gasteiger partial charge in [0.2, 0.25) is 5.91 Å². The van der Waals surface area contributed by atoms with Crippen LogP contribution in [0.5, 0.6) is 0 Å². The summed E-state index contributed by atoms with van der Waals surface area (Å²) < 4.78 is 32.6. The van der Waals surface area contributed by atoms with E-state index in [1.807, 2.05) is 6.92 Å². The lowest BCUT2D eigenvalue weighted by molar-refractivity contribution is -0.116. The molecular weight excluding hydrogens is 380 g/mol. The number of anilines is 2. The second-order valence-electron chi connectivity index (χ2n) is 6.24. The lowest BCUT2D eigenvalue weighted by Crippen LogP contribution is -2.22. The SMILES string of the molecule is CCCCOC(=O)c1ccc(NS(=O)(=O)c2ccc(N(C)C(C)=O)cc2)cc1. The number of rotatable bonds is 8. The van der Waals surface area contributed by atoms with Crippen molar-refractivity contribution in [1.29, 1.82) is 0 Å². The first-order chi connectivity index (χ1) is 13.2. The number of nitrogens with one attached hydrogen (secondary N) is 1. The molecule has 0 aliphatic rings. The van der Waals surface area contributed by atoms with Crippen molar-refractivity contribution in [3.05, 3.63) is 54.1 Å². The highest BCUT2D eigenvalue weighted by Crippen LogP contribution is 2.20. The lowest BCUT2D eigenvalue weighted by atomic mass is 10.2. The van der Waals surface area contributed by atoms with E-state index < -0.39 is 16.0 Å². The highest BCUT2D eigenvalue weighted by atomic mass is 32.2. The molecule has 0 unspecified atom stereocenters. The average molecular weight is 404 g/mol. The fourth-order valence-corrected chi connectivity index (χ4v) is 3.37. The molecule has 0 atom stereocenters. The van der Waals surface area contributed by atoms with Crippen LogP contribution in [0.1, 0.15) is 37.0 Å². The molecule has 1 N–H and O–H groups in total. The number of nitrogens with zero attached hydrogens (tertiary/aromatic N) is 1. The van der Waals surface area contributed by atoms with E-state index in [0.29, 0.717) is 23.5 Å². The van der Waals surface area contributed by atoms with E-state index in [1.54, 1.807) is 19.2 Å². The Labute approximate surface area is 165 Å². The van der Waals surface area contributed by atoms with E-state index in [9.17, 15) is 18.0 Å². The Morgan fingerprint density at radius 1 is 1.04 bits per heavy atom. The van der Waals surface area contributed by atoms with Gasteiger partial charge in [-0.15, -0.1) is 0 Å². The van der Waals surface area contributed by atoms with E-state index in [0.717, 1.165) is 12.8 Å². The van der Waals surface area contributed by atoms with E-state index in [1.165, 1.54) is 48.2 Å². The van der Waals surface area contributed by atoms with Crippen LogP contribution in [0.25, 0.3) is 0 Å². The number of carbonyl (C=O) groups excluding carboxylic acids is 2. The largest absolute Gasteiger partial charge is 0.462 e. The minimum absolute atomic E-state index is 0.0660. The summed E-state index contributed by atoms with van der Waals surface area (Å²) in [5.74, 6) is -0.588. The molecule has 0 aliphatic heterocycles. The third kappa shape index (κ3) is 5.56. The highest BCUT2D eigenvalue weighted by molar-refractivity contribution is 7.92. The molecule has 0 fully saturated rings. The summed E-state index contributed by atoms with van der Waals surface area (Å²) in [6, 6.07) is 12.0. The predicted octanol–water partition coefficient (Wildman–Crippen LogP) is 3.43. The number of hydrogen-bond acceptors (Lipinski definition) is 5. The van der Waals surface area contributed by atoms with Crippen LogP contribution in [0.15, 0.2) is 53.4 Å². The van der Waals surface area contributed by atoms with Crippen LogP contribution in [0.4, 0.5) is 11.4 Å². The van der Waals surface area contributed by atoms with Gasteiger partial charge in [-0.05, 0) is 55.0 Å². The zero-order valence-electron chi connectivity index (χ0n) is 16.1. The van der Waals surface area contributed by atoms with Crippen molar-refractivity contribution < 1.29 is 22.7 Å². The molecule has 0 saturated heterocycles. The number of esters is 1. The quantitative estimate of drug-likeness (QED) is 0.537. The fourth-order valence-electron chi connectivity index (χ4n) is 2.31. The smallest absolute Gasteiger partial charge is 0.338 e. The number of unbranched alkanes of at least 4 members (excludes halogenated alkanes) is 1. The molecule has 0 radical (unpaired) electrons. The molecule has 0 bridgehead atoms. The maximum absolute atomic E-state index is 12.5. The second kappa shape index (κ2) is 9.36. The number of sulfonamides is 1. The molecule has 28 heavy (non-hydrogen) atoms. The van der Waals surface area contributed by atoms with Crippen molar-refractivity contribution >= 4 is 33.3 Å². The summed E-state index contributed by atoms with van der Waals surface area (Å²) in [6.07, 6.45) is 1.73. The molecule has 0 saturated carbocycles. The molecule has 0 spiro atoms. The second-order valence-corrected chi connectivity index (χ2v) is 7.93. The maximum atomic E-state index is 12.5. The number of ether oxygens (including phenoxy) is 1. The van der Waals surface area contributed by atoms with Crippen molar-refractivity contribution in [2.45, 2.75) is 31.6 Å². The van der Waals surface area contributed by atoms with Crippen molar-refractivity contribution in [2.75, 3.05) is 23.3 Å². The van der Waals surface area contributed by atoms with Gasteiger partial charge in [-0.2, -0.15) is 0 Å².